The highest BCUT2D eigenvalue weighted by molar-refractivity contribution is 5.92. The third kappa shape index (κ3) is 3.75. The molecule has 2 aromatic rings. The number of rotatable bonds is 6. The van der Waals surface area contributed by atoms with E-state index in [1.165, 1.54) is 12.1 Å². The van der Waals surface area contributed by atoms with Gasteiger partial charge in [0.2, 0.25) is 0 Å². The molecule has 2 rings (SSSR count). The Hall–Kier alpha value is -2.67. The number of nitriles is 1. The molecule has 0 atom stereocenters. The molecule has 0 aromatic heterocycles. The Morgan fingerprint density at radius 2 is 2.04 bits per heavy atom. The first kappa shape index (κ1) is 16.7. The Morgan fingerprint density at radius 1 is 1.26 bits per heavy atom. The molecule has 0 saturated heterocycles. The van der Waals surface area contributed by atoms with E-state index in [9.17, 15) is 14.3 Å². The maximum atomic E-state index is 13.9. The van der Waals surface area contributed by atoms with Gasteiger partial charge >= 0.3 is 5.97 Å². The summed E-state index contributed by atoms with van der Waals surface area (Å²) in [6.45, 7) is 2.08. The number of aromatic carboxylic acids is 1. The lowest BCUT2D eigenvalue weighted by atomic mass is 9.91. The van der Waals surface area contributed by atoms with E-state index in [1.54, 1.807) is 30.3 Å². The van der Waals surface area contributed by atoms with Crippen molar-refractivity contribution in [2.24, 2.45) is 0 Å². The second-order valence-electron chi connectivity index (χ2n) is 5.40. The van der Waals surface area contributed by atoms with Crippen LogP contribution >= 0.6 is 0 Å². The van der Waals surface area contributed by atoms with Crippen molar-refractivity contribution in [3.63, 3.8) is 0 Å². The van der Waals surface area contributed by atoms with Crippen LogP contribution in [0.5, 0.6) is 0 Å². The van der Waals surface area contributed by atoms with Crippen LogP contribution in [-0.2, 0) is 6.42 Å². The van der Waals surface area contributed by atoms with E-state index in [0.29, 0.717) is 17.5 Å². The van der Waals surface area contributed by atoms with E-state index in [0.717, 1.165) is 24.8 Å². The summed E-state index contributed by atoms with van der Waals surface area (Å²) in [6.07, 6.45) is 3.56. The zero-order valence-electron chi connectivity index (χ0n) is 13.0. The number of unbranched alkanes of at least 4 members (excludes halogenated alkanes) is 2. The number of nitrogens with zero attached hydrogens (tertiary/aromatic N) is 1. The lowest BCUT2D eigenvalue weighted by Crippen LogP contribution is -2.05. The van der Waals surface area contributed by atoms with Crippen molar-refractivity contribution in [1.82, 2.24) is 0 Å². The predicted molar refractivity (Wildman–Crippen MR) is 86.7 cm³/mol. The van der Waals surface area contributed by atoms with Gasteiger partial charge in [0, 0.05) is 0 Å². The minimum atomic E-state index is -0.979. The highest BCUT2D eigenvalue weighted by atomic mass is 19.1. The van der Waals surface area contributed by atoms with Crippen molar-refractivity contribution in [3.05, 3.63) is 58.9 Å². The number of halogens is 1. The Bertz CT molecular complexity index is 762. The summed E-state index contributed by atoms with van der Waals surface area (Å²) in [5.41, 5.74) is 2.26. The first-order valence-corrected chi connectivity index (χ1v) is 7.63. The summed E-state index contributed by atoms with van der Waals surface area (Å²) in [4.78, 5) is 11.5. The molecule has 0 heterocycles. The third-order valence-corrected chi connectivity index (χ3v) is 3.84. The highest BCUT2D eigenvalue weighted by Gasteiger charge is 2.15. The van der Waals surface area contributed by atoms with Gasteiger partial charge in [-0.3, -0.25) is 0 Å². The smallest absolute Gasteiger partial charge is 0.335 e. The second-order valence-corrected chi connectivity index (χ2v) is 5.40. The standard InChI is InChI=1S/C19H18FNO2/c1-2-3-4-6-16-15(7-5-8-17(16)19(22)23)13-9-10-14(12-21)18(20)11-13/h5,7-11H,2-4,6H2,1H3,(H,22,23). The van der Waals surface area contributed by atoms with Crippen molar-refractivity contribution in [3.8, 4) is 17.2 Å². The molecule has 0 bridgehead atoms. The van der Waals surface area contributed by atoms with Crippen LogP contribution in [0.2, 0.25) is 0 Å². The quantitative estimate of drug-likeness (QED) is 0.780. The van der Waals surface area contributed by atoms with Gasteiger partial charge in [0.25, 0.3) is 0 Å². The fourth-order valence-electron chi connectivity index (χ4n) is 2.65. The maximum Gasteiger partial charge on any atom is 0.335 e. The molecule has 0 saturated carbocycles. The molecule has 0 fully saturated rings. The molecule has 0 aliphatic heterocycles. The Balaban J connectivity index is 2.52. The molecule has 23 heavy (non-hydrogen) atoms. The third-order valence-electron chi connectivity index (χ3n) is 3.84. The van der Waals surface area contributed by atoms with Crippen molar-refractivity contribution < 1.29 is 14.3 Å². The van der Waals surface area contributed by atoms with E-state index >= 15 is 0 Å². The molecule has 1 N–H and O–H groups in total. The number of carboxylic acid groups (broad SMARTS) is 1. The summed E-state index contributed by atoms with van der Waals surface area (Å²) in [5, 5.41) is 18.2. The fraction of sp³-hybridized carbons (Fsp3) is 0.263. The second kappa shape index (κ2) is 7.55. The van der Waals surface area contributed by atoms with E-state index in [4.69, 9.17) is 5.26 Å². The average molecular weight is 311 g/mol. The van der Waals surface area contributed by atoms with Crippen LogP contribution in [0, 0.1) is 17.1 Å². The predicted octanol–water partition coefficient (Wildman–Crippen LogP) is 4.80. The molecule has 0 aliphatic rings. The summed E-state index contributed by atoms with van der Waals surface area (Å²) in [5.74, 6) is -1.57. The van der Waals surface area contributed by atoms with Gasteiger partial charge < -0.3 is 5.11 Å². The lowest BCUT2D eigenvalue weighted by Gasteiger charge is -2.13. The first-order valence-electron chi connectivity index (χ1n) is 7.63. The zero-order valence-corrected chi connectivity index (χ0v) is 13.0. The molecular formula is C19H18FNO2. The van der Waals surface area contributed by atoms with Gasteiger partial charge in [-0.2, -0.15) is 5.26 Å². The highest BCUT2D eigenvalue weighted by Crippen LogP contribution is 2.29. The van der Waals surface area contributed by atoms with Gasteiger partial charge in [0.1, 0.15) is 11.9 Å². The minimum absolute atomic E-state index is 0.0179. The number of carboxylic acids is 1. The number of carbonyl (C=O) groups is 1. The zero-order chi connectivity index (χ0) is 16.8. The van der Waals surface area contributed by atoms with Crippen LogP contribution < -0.4 is 0 Å². The lowest BCUT2D eigenvalue weighted by molar-refractivity contribution is 0.0695. The van der Waals surface area contributed by atoms with Crippen LogP contribution in [-0.4, -0.2) is 11.1 Å². The van der Waals surface area contributed by atoms with Crippen LogP contribution in [0.25, 0.3) is 11.1 Å². The van der Waals surface area contributed by atoms with Gasteiger partial charge in [0.05, 0.1) is 11.1 Å². The van der Waals surface area contributed by atoms with Crippen molar-refractivity contribution in [2.45, 2.75) is 32.6 Å². The average Bonchev–Trinajstić information content (AvgIpc) is 2.54. The van der Waals surface area contributed by atoms with Crippen LogP contribution in [0.4, 0.5) is 4.39 Å². The first-order chi connectivity index (χ1) is 11.1. The summed E-state index contributed by atoms with van der Waals surface area (Å²) < 4.78 is 13.9. The Kier molecular flexibility index (Phi) is 5.48. The molecular weight excluding hydrogens is 293 g/mol. The molecule has 0 aliphatic carbocycles. The molecule has 118 valence electrons. The van der Waals surface area contributed by atoms with Gasteiger partial charge in [-0.05, 0) is 47.7 Å². The molecule has 4 heteroatoms. The van der Waals surface area contributed by atoms with Crippen molar-refractivity contribution >= 4 is 5.97 Å². The van der Waals surface area contributed by atoms with E-state index in [2.05, 4.69) is 6.92 Å². The van der Waals surface area contributed by atoms with Crippen LogP contribution in [0.3, 0.4) is 0 Å². The van der Waals surface area contributed by atoms with Crippen LogP contribution in [0.1, 0.15) is 47.7 Å². The van der Waals surface area contributed by atoms with Gasteiger partial charge in [-0.1, -0.05) is 38.0 Å². The largest absolute Gasteiger partial charge is 0.478 e. The van der Waals surface area contributed by atoms with Crippen molar-refractivity contribution in [2.75, 3.05) is 0 Å². The van der Waals surface area contributed by atoms with E-state index < -0.39 is 11.8 Å². The molecule has 3 nitrogen and oxygen atoms in total. The maximum absolute atomic E-state index is 13.9. The Labute approximate surface area is 135 Å². The molecule has 0 radical (unpaired) electrons. The monoisotopic (exact) mass is 311 g/mol. The topological polar surface area (TPSA) is 61.1 Å². The van der Waals surface area contributed by atoms with Gasteiger partial charge in [-0.15, -0.1) is 0 Å². The van der Waals surface area contributed by atoms with E-state index in [-0.39, 0.29) is 11.1 Å². The fourth-order valence-corrected chi connectivity index (χ4v) is 2.65. The van der Waals surface area contributed by atoms with Crippen molar-refractivity contribution in [1.29, 1.82) is 5.26 Å². The molecule has 0 unspecified atom stereocenters. The summed E-state index contributed by atoms with van der Waals surface area (Å²) in [6, 6.07) is 11.2. The van der Waals surface area contributed by atoms with E-state index in [1.807, 2.05) is 0 Å². The number of hydrogen-bond acceptors (Lipinski definition) is 2. The van der Waals surface area contributed by atoms with Gasteiger partial charge in [0.15, 0.2) is 0 Å². The normalized spacial score (nSPS) is 10.3. The van der Waals surface area contributed by atoms with Gasteiger partial charge in [-0.25, -0.2) is 9.18 Å². The summed E-state index contributed by atoms with van der Waals surface area (Å²) >= 11 is 0. The Morgan fingerprint density at radius 3 is 2.65 bits per heavy atom. The SMILES string of the molecule is CCCCCc1c(C(=O)O)cccc1-c1ccc(C#N)c(F)c1. The number of hydrogen-bond donors (Lipinski definition) is 1. The minimum Gasteiger partial charge on any atom is -0.478 e. The molecule has 0 spiro atoms. The van der Waals surface area contributed by atoms with Crippen LogP contribution in [0.15, 0.2) is 36.4 Å². The molecule has 2 aromatic carbocycles. The molecule has 0 amide bonds. The number of benzene rings is 2. The summed E-state index contributed by atoms with van der Waals surface area (Å²) in [7, 11) is 0.